The summed E-state index contributed by atoms with van der Waals surface area (Å²) in [5, 5.41) is 2.88. The van der Waals surface area contributed by atoms with Crippen LogP contribution in [0.2, 0.25) is 0 Å². The largest absolute Gasteiger partial charge is 0.493 e. The SMILES string of the molecule is COc1cc(CNC(=O)[C@@H](C)Oc2ccc(C)cc2)ccc1OC(C)C. The number of ether oxygens (including phenoxy) is 3. The monoisotopic (exact) mass is 357 g/mol. The number of carbonyl (C=O) groups is 1. The van der Waals surface area contributed by atoms with Gasteiger partial charge >= 0.3 is 0 Å². The van der Waals surface area contributed by atoms with Gasteiger partial charge in [-0.3, -0.25) is 4.79 Å². The fourth-order valence-corrected chi connectivity index (χ4v) is 2.38. The lowest BCUT2D eigenvalue weighted by Crippen LogP contribution is -2.35. The lowest BCUT2D eigenvalue weighted by atomic mass is 10.2. The third kappa shape index (κ3) is 5.69. The molecular weight excluding hydrogens is 330 g/mol. The summed E-state index contributed by atoms with van der Waals surface area (Å²) < 4.78 is 16.7. The van der Waals surface area contributed by atoms with E-state index in [0.29, 0.717) is 23.8 Å². The molecule has 5 nitrogen and oxygen atoms in total. The van der Waals surface area contributed by atoms with Gasteiger partial charge < -0.3 is 19.5 Å². The Morgan fingerprint density at radius 2 is 1.69 bits per heavy atom. The van der Waals surface area contributed by atoms with Crippen LogP contribution >= 0.6 is 0 Å². The lowest BCUT2D eigenvalue weighted by molar-refractivity contribution is -0.127. The van der Waals surface area contributed by atoms with E-state index < -0.39 is 6.10 Å². The number of methoxy groups -OCH3 is 1. The zero-order valence-corrected chi connectivity index (χ0v) is 16.0. The first-order valence-corrected chi connectivity index (χ1v) is 8.73. The minimum atomic E-state index is -0.580. The lowest BCUT2D eigenvalue weighted by Gasteiger charge is -2.16. The van der Waals surface area contributed by atoms with E-state index in [1.807, 2.05) is 63.2 Å². The summed E-state index contributed by atoms with van der Waals surface area (Å²) in [6, 6.07) is 13.2. The quantitative estimate of drug-likeness (QED) is 0.779. The van der Waals surface area contributed by atoms with Crippen molar-refractivity contribution in [1.82, 2.24) is 5.32 Å². The summed E-state index contributed by atoms with van der Waals surface area (Å²) in [4.78, 5) is 12.3. The Morgan fingerprint density at radius 1 is 1.00 bits per heavy atom. The first-order chi connectivity index (χ1) is 12.4. The van der Waals surface area contributed by atoms with Crippen LogP contribution in [0.15, 0.2) is 42.5 Å². The second kappa shape index (κ2) is 9.13. The molecule has 0 spiro atoms. The van der Waals surface area contributed by atoms with E-state index in [-0.39, 0.29) is 12.0 Å². The zero-order valence-electron chi connectivity index (χ0n) is 16.0. The number of nitrogens with one attached hydrogen (secondary N) is 1. The molecule has 1 amide bonds. The summed E-state index contributed by atoms with van der Waals surface area (Å²) >= 11 is 0. The van der Waals surface area contributed by atoms with Crippen molar-refractivity contribution in [2.24, 2.45) is 0 Å². The smallest absolute Gasteiger partial charge is 0.261 e. The molecular formula is C21H27NO4. The molecule has 26 heavy (non-hydrogen) atoms. The molecule has 2 aromatic carbocycles. The normalized spacial score (nSPS) is 11.8. The third-order valence-electron chi connectivity index (χ3n) is 3.76. The number of hydrogen-bond donors (Lipinski definition) is 1. The molecule has 2 rings (SSSR count). The molecule has 0 radical (unpaired) electrons. The zero-order chi connectivity index (χ0) is 19.1. The van der Waals surface area contributed by atoms with Gasteiger partial charge in [-0.25, -0.2) is 0 Å². The van der Waals surface area contributed by atoms with Crippen LogP contribution in [0.25, 0.3) is 0 Å². The fraction of sp³-hybridized carbons (Fsp3) is 0.381. The highest BCUT2D eigenvalue weighted by Crippen LogP contribution is 2.29. The number of rotatable bonds is 8. The van der Waals surface area contributed by atoms with Gasteiger partial charge in [-0.05, 0) is 57.5 Å². The number of amides is 1. The molecule has 0 fully saturated rings. The van der Waals surface area contributed by atoms with Crippen molar-refractivity contribution in [1.29, 1.82) is 0 Å². The molecule has 0 saturated carbocycles. The molecule has 140 valence electrons. The van der Waals surface area contributed by atoms with Gasteiger partial charge in [0.25, 0.3) is 5.91 Å². The van der Waals surface area contributed by atoms with Crippen LogP contribution in [-0.2, 0) is 11.3 Å². The average molecular weight is 357 g/mol. The van der Waals surface area contributed by atoms with Gasteiger partial charge in [0.2, 0.25) is 0 Å². The molecule has 0 bridgehead atoms. The molecule has 0 aliphatic carbocycles. The first kappa shape index (κ1) is 19.6. The number of aryl methyl sites for hydroxylation is 1. The van der Waals surface area contributed by atoms with Gasteiger partial charge in [0.1, 0.15) is 5.75 Å². The van der Waals surface area contributed by atoms with Crippen LogP contribution in [0.4, 0.5) is 0 Å². The maximum absolute atomic E-state index is 12.3. The molecule has 1 N–H and O–H groups in total. The first-order valence-electron chi connectivity index (χ1n) is 8.73. The molecule has 0 heterocycles. The molecule has 0 saturated heterocycles. The predicted octanol–water partition coefficient (Wildman–Crippen LogP) is 3.87. The summed E-state index contributed by atoms with van der Waals surface area (Å²) in [5.41, 5.74) is 2.07. The van der Waals surface area contributed by atoms with E-state index in [2.05, 4.69) is 5.32 Å². The predicted molar refractivity (Wildman–Crippen MR) is 102 cm³/mol. The van der Waals surface area contributed by atoms with E-state index in [4.69, 9.17) is 14.2 Å². The molecule has 0 unspecified atom stereocenters. The molecule has 0 aliphatic heterocycles. The van der Waals surface area contributed by atoms with Gasteiger partial charge in [0.15, 0.2) is 17.6 Å². The maximum atomic E-state index is 12.3. The molecule has 0 aromatic heterocycles. The number of carbonyl (C=O) groups excluding carboxylic acids is 1. The minimum absolute atomic E-state index is 0.0641. The Labute approximate surface area is 155 Å². The fourth-order valence-electron chi connectivity index (χ4n) is 2.38. The average Bonchev–Trinajstić information content (AvgIpc) is 2.62. The second-order valence-electron chi connectivity index (χ2n) is 6.44. The maximum Gasteiger partial charge on any atom is 0.261 e. The minimum Gasteiger partial charge on any atom is -0.493 e. The second-order valence-corrected chi connectivity index (χ2v) is 6.44. The van der Waals surface area contributed by atoms with Crippen molar-refractivity contribution in [3.8, 4) is 17.2 Å². The Bertz CT molecular complexity index is 725. The van der Waals surface area contributed by atoms with Crippen molar-refractivity contribution >= 4 is 5.91 Å². The highest BCUT2D eigenvalue weighted by Gasteiger charge is 2.15. The van der Waals surface area contributed by atoms with Gasteiger partial charge in [0.05, 0.1) is 13.2 Å². The van der Waals surface area contributed by atoms with Gasteiger partial charge in [-0.15, -0.1) is 0 Å². The standard InChI is InChI=1S/C21H27NO4/c1-14(2)25-19-11-8-17(12-20(19)24-5)13-22-21(23)16(4)26-18-9-6-15(3)7-10-18/h6-12,14,16H,13H2,1-5H3,(H,22,23)/t16-/m1/s1. The summed E-state index contributed by atoms with van der Waals surface area (Å²) in [5.74, 6) is 1.84. The number of hydrogen-bond acceptors (Lipinski definition) is 4. The van der Waals surface area contributed by atoms with E-state index in [0.717, 1.165) is 11.1 Å². The van der Waals surface area contributed by atoms with Gasteiger partial charge in [-0.2, -0.15) is 0 Å². The Kier molecular flexibility index (Phi) is 6.89. The molecule has 1 atom stereocenters. The van der Waals surface area contributed by atoms with Crippen molar-refractivity contribution in [2.45, 2.75) is 46.4 Å². The van der Waals surface area contributed by atoms with E-state index in [1.54, 1.807) is 14.0 Å². The van der Waals surface area contributed by atoms with Crippen LogP contribution in [0.3, 0.4) is 0 Å². The van der Waals surface area contributed by atoms with Crippen LogP contribution in [0.5, 0.6) is 17.2 Å². The Balaban J connectivity index is 1.92. The van der Waals surface area contributed by atoms with Crippen molar-refractivity contribution < 1.29 is 19.0 Å². The Hall–Kier alpha value is -2.69. The molecule has 2 aromatic rings. The van der Waals surface area contributed by atoms with Crippen LogP contribution < -0.4 is 19.5 Å². The van der Waals surface area contributed by atoms with Crippen LogP contribution in [0.1, 0.15) is 31.9 Å². The van der Waals surface area contributed by atoms with E-state index in [1.165, 1.54) is 0 Å². The molecule has 5 heteroatoms. The van der Waals surface area contributed by atoms with Crippen LogP contribution in [0, 0.1) is 6.92 Å². The van der Waals surface area contributed by atoms with Crippen molar-refractivity contribution in [3.63, 3.8) is 0 Å². The highest BCUT2D eigenvalue weighted by molar-refractivity contribution is 5.80. The van der Waals surface area contributed by atoms with Crippen LogP contribution in [-0.4, -0.2) is 25.2 Å². The highest BCUT2D eigenvalue weighted by atomic mass is 16.5. The topological polar surface area (TPSA) is 56.8 Å². The summed E-state index contributed by atoms with van der Waals surface area (Å²) in [6.07, 6.45) is -0.516. The summed E-state index contributed by atoms with van der Waals surface area (Å²) in [7, 11) is 1.60. The van der Waals surface area contributed by atoms with Crippen molar-refractivity contribution in [2.75, 3.05) is 7.11 Å². The summed E-state index contributed by atoms with van der Waals surface area (Å²) in [6.45, 7) is 8.05. The molecule has 0 aliphatic rings. The number of benzene rings is 2. The van der Waals surface area contributed by atoms with Crippen molar-refractivity contribution in [3.05, 3.63) is 53.6 Å². The third-order valence-corrected chi connectivity index (χ3v) is 3.76. The Morgan fingerprint density at radius 3 is 2.31 bits per heavy atom. The van der Waals surface area contributed by atoms with E-state index in [9.17, 15) is 4.79 Å². The van der Waals surface area contributed by atoms with Gasteiger partial charge in [-0.1, -0.05) is 23.8 Å². The van der Waals surface area contributed by atoms with Gasteiger partial charge in [0, 0.05) is 6.54 Å². The van der Waals surface area contributed by atoms with E-state index >= 15 is 0 Å².